The minimum atomic E-state index is 0.176. The molecule has 3 nitrogen and oxygen atoms in total. The van der Waals surface area contributed by atoms with Crippen molar-refractivity contribution in [1.82, 2.24) is 10.6 Å². The lowest BCUT2D eigenvalue weighted by atomic mass is 10.0. The fraction of sp³-hybridized carbons (Fsp3) is 0.923. The number of amides is 1. The molecule has 1 aliphatic carbocycles. The highest BCUT2D eigenvalue weighted by Gasteiger charge is 2.17. The van der Waals surface area contributed by atoms with Crippen LogP contribution in [0.2, 0.25) is 0 Å². The van der Waals surface area contributed by atoms with E-state index in [1.54, 1.807) is 0 Å². The summed E-state index contributed by atoms with van der Waals surface area (Å²) in [5.74, 6) is 3.42. The standard InChI is InChI=1S/C13H24N2OS/c16-13(10-14-12-3-1-2-4-12)15-9-11-5-7-17-8-6-11/h11-12,14H,1-10H2,(H,15,16). The number of hydrogen-bond donors (Lipinski definition) is 2. The lowest BCUT2D eigenvalue weighted by molar-refractivity contribution is -0.120. The minimum absolute atomic E-state index is 0.176. The maximum absolute atomic E-state index is 11.7. The third kappa shape index (κ3) is 4.88. The molecule has 0 radical (unpaired) electrons. The molecule has 0 bridgehead atoms. The van der Waals surface area contributed by atoms with E-state index in [1.165, 1.54) is 50.0 Å². The number of carbonyl (C=O) groups is 1. The number of carbonyl (C=O) groups excluding carboxylic acids is 1. The first-order valence-electron chi connectivity index (χ1n) is 6.92. The second kappa shape index (κ2) is 7.27. The van der Waals surface area contributed by atoms with Gasteiger partial charge in [-0.1, -0.05) is 12.8 Å². The molecule has 0 aromatic rings. The van der Waals surface area contributed by atoms with E-state index in [0.717, 1.165) is 6.54 Å². The first-order valence-corrected chi connectivity index (χ1v) is 8.08. The van der Waals surface area contributed by atoms with Gasteiger partial charge in [-0.25, -0.2) is 0 Å². The fourth-order valence-corrected chi connectivity index (χ4v) is 3.84. The maximum atomic E-state index is 11.7. The van der Waals surface area contributed by atoms with Crippen molar-refractivity contribution in [2.24, 2.45) is 5.92 Å². The molecule has 2 N–H and O–H groups in total. The van der Waals surface area contributed by atoms with Crippen LogP contribution in [0.25, 0.3) is 0 Å². The smallest absolute Gasteiger partial charge is 0.233 e. The van der Waals surface area contributed by atoms with Crippen molar-refractivity contribution in [2.45, 2.75) is 44.6 Å². The molecule has 2 aliphatic rings. The molecular formula is C13H24N2OS. The lowest BCUT2D eigenvalue weighted by Gasteiger charge is -2.21. The van der Waals surface area contributed by atoms with Crippen LogP contribution in [0.1, 0.15) is 38.5 Å². The van der Waals surface area contributed by atoms with Gasteiger partial charge in [0, 0.05) is 12.6 Å². The molecule has 1 aliphatic heterocycles. The maximum Gasteiger partial charge on any atom is 0.233 e. The van der Waals surface area contributed by atoms with Gasteiger partial charge in [-0.2, -0.15) is 11.8 Å². The van der Waals surface area contributed by atoms with Gasteiger partial charge in [0.25, 0.3) is 0 Å². The average Bonchev–Trinajstić information content (AvgIpc) is 2.88. The largest absolute Gasteiger partial charge is 0.355 e. The molecule has 0 spiro atoms. The second-order valence-electron chi connectivity index (χ2n) is 5.22. The average molecular weight is 256 g/mol. The Morgan fingerprint density at radius 1 is 1.12 bits per heavy atom. The second-order valence-corrected chi connectivity index (χ2v) is 6.45. The highest BCUT2D eigenvalue weighted by atomic mass is 32.2. The molecular weight excluding hydrogens is 232 g/mol. The predicted molar refractivity (Wildman–Crippen MR) is 73.3 cm³/mol. The van der Waals surface area contributed by atoms with E-state index in [0.29, 0.717) is 18.5 Å². The molecule has 0 aromatic carbocycles. The number of hydrogen-bond acceptors (Lipinski definition) is 3. The predicted octanol–water partition coefficient (Wildman–Crippen LogP) is 1.78. The molecule has 98 valence electrons. The van der Waals surface area contributed by atoms with Crippen LogP contribution in [-0.4, -0.2) is 36.5 Å². The van der Waals surface area contributed by atoms with Crippen LogP contribution in [0.4, 0.5) is 0 Å². The van der Waals surface area contributed by atoms with E-state index in [4.69, 9.17) is 0 Å². The molecule has 0 aromatic heterocycles. The Morgan fingerprint density at radius 2 is 1.82 bits per heavy atom. The SMILES string of the molecule is O=C(CNC1CCCC1)NCC1CCSCC1. The van der Waals surface area contributed by atoms with Crippen molar-refractivity contribution in [3.63, 3.8) is 0 Å². The van der Waals surface area contributed by atoms with Crippen molar-refractivity contribution in [2.75, 3.05) is 24.6 Å². The van der Waals surface area contributed by atoms with Gasteiger partial charge in [0.05, 0.1) is 6.54 Å². The summed E-state index contributed by atoms with van der Waals surface area (Å²) in [5, 5.41) is 6.42. The molecule has 1 heterocycles. The quantitative estimate of drug-likeness (QED) is 0.788. The summed E-state index contributed by atoms with van der Waals surface area (Å²) in [7, 11) is 0. The highest BCUT2D eigenvalue weighted by Crippen LogP contribution is 2.21. The van der Waals surface area contributed by atoms with Crippen LogP contribution in [0.5, 0.6) is 0 Å². The van der Waals surface area contributed by atoms with Gasteiger partial charge in [0.2, 0.25) is 5.91 Å². The molecule has 4 heteroatoms. The van der Waals surface area contributed by atoms with E-state index in [2.05, 4.69) is 10.6 Å². The molecule has 17 heavy (non-hydrogen) atoms. The summed E-state index contributed by atoms with van der Waals surface area (Å²) in [4.78, 5) is 11.7. The van der Waals surface area contributed by atoms with Gasteiger partial charge in [-0.15, -0.1) is 0 Å². The van der Waals surface area contributed by atoms with Gasteiger partial charge >= 0.3 is 0 Å². The van der Waals surface area contributed by atoms with Crippen molar-refractivity contribution in [3.05, 3.63) is 0 Å². The monoisotopic (exact) mass is 256 g/mol. The Labute approximate surface area is 108 Å². The van der Waals surface area contributed by atoms with E-state index >= 15 is 0 Å². The number of thioether (sulfide) groups is 1. The van der Waals surface area contributed by atoms with E-state index in [9.17, 15) is 4.79 Å². The molecule has 0 unspecified atom stereocenters. The Bertz CT molecular complexity index is 236. The van der Waals surface area contributed by atoms with Crippen LogP contribution in [0.3, 0.4) is 0 Å². The van der Waals surface area contributed by atoms with Gasteiger partial charge in [-0.05, 0) is 43.1 Å². The summed E-state index contributed by atoms with van der Waals surface area (Å²) in [6.07, 6.45) is 7.65. The third-order valence-electron chi connectivity index (χ3n) is 3.84. The van der Waals surface area contributed by atoms with Crippen LogP contribution < -0.4 is 10.6 Å². The van der Waals surface area contributed by atoms with Crippen LogP contribution in [0.15, 0.2) is 0 Å². The normalized spacial score (nSPS) is 22.8. The molecule has 0 atom stereocenters. The molecule has 2 rings (SSSR count). The molecule has 2 fully saturated rings. The number of rotatable bonds is 5. The topological polar surface area (TPSA) is 41.1 Å². The van der Waals surface area contributed by atoms with E-state index in [1.807, 2.05) is 11.8 Å². The van der Waals surface area contributed by atoms with Crippen LogP contribution >= 0.6 is 11.8 Å². The summed E-state index contributed by atoms with van der Waals surface area (Å²) < 4.78 is 0. The molecule has 1 saturated heterocycles. The Morgan fingerprint density at radius 3 is 2.53 bits per heavy atom. The van der Waals surface area contributed by atoms with Gasteiger partial charge in [-0.3, -0.25) is 4.79 Å². The van der Waals surface area contributed by atoms with Crippen molar-refractivity contribution in [3.8, 4) is 0 Å². The molecule has 1 saturated carbocycles. The first kappa shape index (κ1) is 13.2. The molecule has 1 amide bonds. The zero-order valence-corrected chi connectivity index (χ0v) is 11.4. The first-order chi connectivity index (χ1) is 8.34. The van der Waals surface area contributed by atoms with E-state index in [-0.39, 0.29) is 5.91 Å². The Balaban J connectivity index is 1.53. The van der Waals surface area contributed by atoms with Gasteiger partial charge in [0.15, 0.2) is 0 Å². The van der Waals surface area contributed by atoms with Crippen molar-refractivity contribution >= 4 is 17.7 Å². The van der Waals surface area contributed by atoms with Crippen molar-refractivity contribution in [1.29, 1.82) is 0 Å². The number of nitrogens with one attached hydrogen (secondary N) is 2. The fourth-order valence-electron chi connectivity index (χ4n) is 2.64. The zero-order chi connectivity index (χ0) is 11.9. The van der Waals surface area contributed by atoms with Crippen LogP contribution in [-0.2, 0) is 4.79 Å². The minimum Gasteiger partial charge on any atom is -0.355 e. The summed E-state index contributed by atoms with van der Waals surface area (Å²) in [5.41, 5.74) is 0. The van der Waals surface area contributed by atoms with Gasteiger partial charge < -0.3 is 10.6 Å². The van der Waals surface area contributed by atoms with Gasteiger partial charge in [0.1, 0.15) is 0 Å². The summed E-state index contributed by atoms with van der Waals surface area (Å²) in [6, 6.07) is 0.590. The highest BCUT2D eigenvalue weighted by molar-refractivity contribution is 7.99. The van der Waals surface area contributed by atoms with Crippen LogP contribution in [0, 0.1) is 5.92 Å². The van der Waals surface area contributed by atoms with E-state index < -0.39 is 0 Å². The summed E-state index contributed by atoms with van der Waals surface area (Å²) >= 11 is 2.03. The zero-order valence-electron chi connectivity index (χ0n) is 10.5. The Hall–Kier alpha value is -0.220. The van der Waals surface area contributed by atoms with Crippen molar-refractivity contribution < 1.29 is 4.79 Å². The third-order valence-corrected chi connectivity index (χ3v) is 4.88. The lowest BCUT2D eigenvalue weighted by Crippen LogP contribution is -2.40. The summed E-state index contributed by atoms with van der Waals surface area (Å²) in [6.45, 7) is 1.39. The Kier molecular flexibility index (Phi) is 5.65.